The molecule has 2 rings (SSSR count). The van der Waals surface area contributed by atoms with Crippen molar-refractivity contribution < 1.29 is 24.2 Å². The number of carbonyl (C=O) groups is 2. The quantitative estimate of drug-likeness (QED) is 0.622. The molecule has 0 amide bonds. The molecule has 0 aliphatic heterocycles. The third kappa shape index (κ3) is 2.03. The Bertz CT molecular complexity index is 621. The lowest BCUT2D eigenvalue weighted by Crippen LogP contribution is -2.08. The number of carbonyl (C=O) groups excluding carboxylic acids is 1. The van der Waals surface area contributed by atoms with Crippen LogP contribution in [0.2, 0.25) is 0 Å². The van der Waals surface area contributed by atoms with Crippen molar-refractivity contribution in [2.45, 2.75) is 0 Å². The summed E-state index contributed by atoms with van der Waals surface area (Å²) in [5, 5.41) is 18.6. The number of fused-ring (bicyclic) bond motifs is 1. The van der Waals surface area contributed by atoms with Gasteiger partial charge in [0.2, 0.25) is 0 Å². The Morgan fingerprint density at radius 1 is 1.24 bits per heavy atom. The molecule has 0 unspecified atom stereocenters. The number of ketones is 1. The van der Waals surface area contributed by atoms with Gasteiger partial charge in [0, 0.05) is 0 Å². The second kappa shape index (κ2) is 4.13. The monoisotopic (exact) mass is 232 g/mol. The highest BCUT2D eigenvalue weighted by Crippen LogP contribution is 2.32. The maximum Gasteiger partial charge on any atom is 0.376 e. The van der Waals surface area contributed by atoms with Gasteiger partial charge in [-0.1, -0.05) is 12.1 Å². The van der Waals surface area contributed by atoms with E-state index in [0.717, 1.165) is 12.2 Å². The number of rotatable bonds is 3. The summed E-state index contributed by atoms with van der Waals surface area (Å²) >= 11 is 0. The predicted molar refractivity (Wildman–Crippen MR) is 59.6 cm³/mol. The number of aromatic hydroxyl groups is 1. The highest BCUT2D eigenvalue weighted by molar-refractivity contribution is 6.38. The van der Waals surface area contributed by atoms with E-state index in [-0.39, 0.29) is 11.5 Å². The first kappa shape index (κ1) is 10.9. The number of aliphatic carboxylic acids is 1. The fourth-order valence-electron chi connectivity index (χ4n) is 1.39. The minimum absolute atomic E-state index is 0.0563. The van der Waals surface area contributed by atoms with Crippen molar-refractivity contribution >= 4 is 28.8 Å². The maximum absolute atomic E-state index is 10.8. The number of carboxylic acids is 1. The van der Waals surface area contributed by atoms with Gasteiger partial charge in [-0.2, -0.15) is 0 Å². The van der Waals surface area contributed by atoms with Crippen LogP contribution in [0.4, 0.5) is 0 Å². The van der Waals surface area contributed by atoms with E-state index in [9.17, 15) is 14.7 Å². The molecule has 0 saturated heterocycles. The molecule has 5 heteroatoms. The Balaban J connectivity index is 2.40. The van der Waals surface area contributed by atoms with Crippen molar-refractivity contribution in [1.82, 2.24) is 0 Å². The minimum atomic E-state index is -1.56. The van der Waals surface area contributed by atoms with Crippen molar-refractivity contribution in [2.24, 2.45) is 0 Å². The number of carboxylic acid groups (broad SMARTS) is 1. The van der Waals surface area contributed by atoms with Gasteiger partial charge in [-0.05, 0) is 24.3 Å². The molecule has 2 N–H and O–H groups in total. The van der Waals surface area contributed by atoms with E-state index in [4.69, 9.17) is 9.52 Å². The summed E-state index contributed by atoms with van der Waals surface area (Å²) in [5.74, 6) is -2.70. The van der Waals surface area contributed by atoms with Crippen LogP contribution >= 0.6 is 0 Å². The minimum Gasteiger partial charge on any atom is -0.504 e. The van der Waals surface area contributed by atoms with Gasteiger partial charge in [0.25, 0.3) is 5.78 Å². The van der Waals surface area contributed by atoms with E-state index in [0.29, 0.717) is 11.0 Å². The van der Waals surface area contributed by atoms with E-state index in [1.54, 1.807) is 24.3 Å². The van der Waals surface area contributed by atoms with E-state index >= 15 is 0 Å². The lowest BCUT2D eigenvalue weighted by Gasteiger charge is -1.87. The van der Waals surface area contributed by atoms with Crippen molar-refractivity contribution in [3.8, 4) is 5.75 Å². The lowest BCUT2D eigenvalue weighted by atomic mass is 10.2. The molecule has 17 heavy (non-hydrogen) atoms. The summed E-state index contributed by atoms with van der Waals surface area (Å²) in [7, 11) is 0. The zero-order chi connectivity index (χ0) is 12.4. The molecule has 0 fully saturated rings. The molecule has 1 aromatic carbocycles. The molecule has 0 saturated carbocycles. The largest absolute Gasteiger partial charge is 0.504 e. The molecule has 0 aliphatic rings. The van der Waals surface area contributed by atoms with Crippen LogP contribution in [-0.2, 0) is 9.59 Å². The number of para-hydroxylation sites is 1. The number of hydrogen-bond acceptors (Lipinski definition) is 4. The molecule has 1 aromatic heterocycles. The van der Waals surface area contributed by atoms with Crippen molar-refractivity contribution in [1.29, 1.82) is 0 Å². The number of hydrogen-bond donors (Lipinski definition) is 2. The van der Waals surface area contributed by atoms with Gasteiger partial charge < -0.3 is 14.6 Å². The van der Waals surface area contributed by atoms with Crippen LogP contribution in [0.1, 0.15) is 5.76 Å². The van der Waals surface area contributed by atoms with Crippen LogP contribution in [0.15, 0.2) is 34.8 Å². The first-order chi connectivity index (χ1) is 8.09. The van der Waals surface area contributed by atoms with Crippen LogP contribution in [0.3, 0.4) is 0 Å². The first-order valence-corrected chi connectivity index (χ1v) is 4.75. The van der Waals surface area contributed by atoms with Crippen LogP contribution < -0.4 is 0 Å². The van der Waals surface area contributed by atoms with Crippen LogP contribution in [0, 0.1) is 0 Å². The summed E-state index contributed by atoms with van der Waals surface area (Å²) in [6.45, 7) is 0. The third-order valence-corrected chi connectivity index (χ3v) is 2.19. The zero-order valence-electron chi connectivity index (χ0n) is 8.58. The van der Waals surface area contributed by atoms with Crippen molar-refractivity contribution in [3.63, 3.8) is 0 Å². The zero-order valence-corrected chi connectivity index (χ0v) is 8.58. The van der Waals surface area contributed by atoms with Gasteiger partial charge in [0.1, 0.15) is 5.58 Å². The number of furan rings is 1. The fraction of sp³-hybridized carbons (Fsp3) is 0. The molecule has 86 valence electrons. The maximum atomic E-state index is 10.8. The summed E-state index contributed by atoms with van der Waals surface area (Å²) in [4.78, 5) is 21.1. The summed E-state index contributed by atoms with van der Waals surface area (Å²) in [5.41, 5.74) is 0.465. The molecule has 5 nitrogen and oxygen atoms in total. The van der Waals surface area contributed by atoms with Gasteiger partial charge in [-0.25, -0.2) is 4.79 Å². The van der Waals surface area contributed by atoms with Gasteiger partial charge in [0.05, 0.1) is 5.39 Å². The van der Waals surface area contributed by atoms with Crippen LogP contribution in [0.25, 0.3) is 17.0 Å². The lowest BCUT2D eigenvalue weighted by molar-refractivity contribution is -0.146. The molecule has 0 atom stereocenters. The van der Waals surface area contributed by atoms with Crippen LogP contribution in [-0.4, -0.2) is 22.0 Å². The van der Waals surface area contributed by atoms with Crippen molar-refractivity contribution in [2.75, 3.05) is 0 Å². The average Bonchev–Trinajstić information content (AvgIpc) is 2.64. The molecule has 0 spiro atoms. The predicted octanol–water partition coefficient (Wildman–Crippen LogP) is 1.81. The van der Waals surface area contributed by atoms with Gasteiger partial charge in [-0.15, -0.1) is 0 Å². The van der Waals surface area contributed by atoms with Gasteiger partial charge in [-0.3, -0.25) is 4.79 Å². The topological polar surface area (TPSA) is 87.7 Å². The van der Waals surface area contributed by atoms with E-state index in [2.05, 4.69) is 0 Å². The van der Waals surface area contributed by atoms with Crippen molar-refractivity contribution in [3.05, 3.63) is 36.1 Å². The molecule has 0 radical (unpaired) electrons. The summed E-state index contributed by atoms with van der Waals surface area (Å²) in [6.07, 6.45) is 1.96. The molecule has 1 heterocycles. The Kier molecular flexibility index (Phi) is 2.66. The standard InChI is InChI=1S/C12H8O5/c13-8(12(15)16)5-6-10-11(14)7-3-1-2-4-9(7)17-10/h1-6,14H,(H,15,16)/b6-5+. The first-order valence-electron chi connectivity index (χ1n) is 4.75. The highest BCUT2D eigenvalue weighted by Gasteiger charge is 2.11. The normalized spacial score (nSPS) is 11.1. The van der Waals surface area contributed by atoms with Gasteiger partial charge >= 0.3 is 5.97 Å². The smallest absolute Gasteiger partial charge is 0.376 e. The molecule has 0 bridgehead atoms. The third-order valence-electron chi connectivity index (χ3n) is 2.19. The van der Waals surface area contributed by atoms with E-state index < -0.39 is 11.8 Å². The molecular weight excluding hydrogens is 224 g/mol. The highest BCUT2D eigenvalue weighted by atomic mass is 16.4. The average molecular weight is 232 g/mol. The molecule has 0 aliphatic carbocycles. The molecule has 2 aromatic rings. The summed E-state index contributed by atoms with van der Waals surface area (Å²) < 4.78 is 5.25. The Morgan fingerprint density at radius 2 is 1.94 bits per heavy atom. The SMILES string of the molecule is O=C(O)C(=O)/C=C/c1oc2ccccc2c1O. The van der Waals surface area contributed by atoms with E-state index in [1.165, 1.54) is 0 Å². The molecular formula is C12H8O5. The second-order valence-electron chi connectivity index (χ2n) is 3.31. The van der Waals surface area contributed by atoms with E-state index in [1.807, 2.05) is 0 Å². The fourth-order valence-corrected chi connectivity index (χ4v) is 1.39. The Morgan fingerprint density at radius 3 is 2.59 bits per heavy atom. The second-order valence-corrected chi connectivity index (χ2v) is 3.31. The van der Waals surface area contributed by atoms with Crippen LogP contribution in [0.5, 0.6) is 5.75 Å². The Hall–Kier alpha value is -2.56. The summed E-state index contributed by atoms with van der Waals surface area (Å²) in [6, 6.07) is 6.78. The van der Waals surface area contributed by atoms with Gasteiger partial charge in [0.15, 0.2) is 11.5 Å². The number of benzene rings is 1. The Labute approximate surface area is 95.6 Å².